The molecule has 65 heavy (non-hydrogen) atoms. The second-order valence-corrected chi connectivity index (χ2v) is 18.8. The number of carbonyl (C=O) groups is 7. The van der Waals surface area contributed by atoms with Gasteiger partial charge in [-0.2, -0.15) is 0 Å². The zero-order valence-corrected chi connectivity index (χ0v) is 39.5. The molecule has 9 N–H and O–H groups in total. The highest BCUT2D eigenvalue weighted by atomic mass is 32.2. The van der Waals surface area contributed by atoms with Gasteiger partial charge in [0.1, 0.15) is 30.2 Å². The minimum atomic E-state index is -1.40. The lowest BCUT2D eigenvalue weighted by Gasteiger charge is -2.26. The highest BCUT2D eigenvalue weighted by molar-refractivity contribution is 7.84. The average Bonchev–Trinajstić information content (AvgIpc) is 3.24. The number of aliphatic hydroxyl groups is 1. The van der Waals surface area contributed by atoms with Gasteiger partial charge in [0.25, 0.3) is 0 Å². The van der Waals surface area contributed by atoms with Crippen LogP contribution in [0.2, 0.25) is 0 Å². The van der Waals surface area contributed by atoms with Gasteiger partial charge in [-0.25, -0.2) is 4.79 Å². The third-order valence-corrected chi connectivity index (χ3v) is 11.7. The van der Waals surface area contributed by atoms with Crippen LogP contribution >= 0.6 is 0 Å². The van der Waals surface area contributed by atoms with E-state index < -0.39 is 76.7 Å². The summed E-state index contributed by atoms with van der Waals surface area (Å²) in [5.74, 6) is -4.73. The van der Waals surface area contributed by atoms with Crippen LogP contribution < -0.4 is 32.3 Å². The predicted molar refractivity (Wildman–Crippen MR) is 251 cm³/mol. The Labute approximate surface area is 387 Å². The molecule has 2 unspecified atom stereocenters. The van der Waals surface area contributed by atoms with E-state index in [9.17, 15) is 48.0 Å². The number of primary amides is 1. The van der Waals surface area contributed by atoms with Gasteiger partial charge in [0, 0.05) is 42.7 Å². The van der Waals surface area contributed by atoms with Crippen LogP contribution in [-0.4, -0.2) is 104 Å². The maximum absolute atomic E-state index is 13.3. The Kier molecular flexibility index (Phi) is 27.3. The number of aliphatic carboxylic acids is 1. The van der Waals surface area contributed by atoms with Crippen molar-refractivity contribution in [2.24, 2.45) is 11.7 Å². The van der Waals surface area contributed by atoms with Gasteiger partial charge >= 0.3 is 5.97 Å². The Balaban J connectivity index is 1.62. The van der Waals surface area contributed by atoms with Gasteiger partial charge in [0.05, 0.1) is 11.9 Å². The summed E-state index contributed by atoms with van der Waals surface area (Å²) in [5, 5.41) is 33.1. The molecule has 2 aromatic rings. The SMILES string of the molecule is CC(C)C[C@H](NC(=O)[C@@H](NC(=O)CCCCCCCCCCCCCCC(=O)N[C@@H](CS(C)=O)C(=O)N[C@@H](Cc1ccccc1)C(=O)O)C(C)O)C(=O)N[C@@H](Cc1ccccc1)C(N)=O. The molecule has 0 aliphatic rings. The molecule has 0 aliphatic carbocycles. The largest absolute Gasteiger partial charge is 0.480 e. The van der Waals surface area contributed by atoms with Crippen molar-refractivity contribution in [2.75, 3.05) is 12.0 Å². The number of hydrogen-bond donors (Lipinski definition) is 8. The Morgan fingerprint density at radius 2 is 0.954 bits per heavy atom. The van der Waals surface area contributed by atoms with Crippen LogP contribution in [0.15, 0.2) is 60.7 Å². The van der Waals surface area contributed by atoms with E-state index in [4.69, 9.17) is 5.73 Å². The predicted octanol–water partition coefficient (Wildman–Crippen LogP) is 3.73. The minimum absolute atomic E-state index is 0.00119. The van der Waals surface area contributed by atoms with Crippen molar-refractivity contribution in [3.05, 3.63) is 71.8 Å². The number of hydrogen-bond acceptors (Lipinski definition) is 9. The van der Waals surface area contributed by atoms with Crippen molar-refractivity contribution in [3.8, 4) is 0 Å². The number of nitrogens with two attached hydrogens (primary N) is 1. The highest BCUT2D eigenvalue weighted by Crippen LogP contribution is 2.14. The molecule has 362 valence electrons. The molecule has 0 spiro atoms. The van der Waals surface area contributed by atoms with E-state index in [-0.39, 0.29) is 55.6 Å². The standard InChI is InChI=1S/C48H74N6O10S/c1-33(2)29-38(45(59)51-37(44(49)58)30-35-23-17-15-18-24-35)52-47(61)43(34(3)55)54-42(57)28-22-14-12-10-8-6-5-7-9-11-13-21-27-41(56)50-40(32-65(4)64)46(60)53-39(48(62)63)31-36-25-19-16-20-26-36/h15-20,23-26,33-34,37-40,43,55H,5-14,21-22,27-32H2,1-4H3,(H2,49,58)(H,50,56)(H,51,59)(H,52,61)(H,53,60)(H,54,57)(H,62,63)/t34?,37-,38-,39-,40-,43-,65?/m0/s1. The van der Waals surface area contributed by atoms with Gasteiger partial charge in [-0.1, -0.05) is 139 Å². The lowest BCUT2D eigenvalue weighted by atomic mass is 10.0. The van der Waals surface area contributed by atoms with E-state index in [0.29, 0.717) is 12.8 Å². The molecule has 0 saturated heterocycles. The van der Waals surface area contributed by atoms with Gasteiger partial charge in [-0.3, -0.25) is 33.0 Å². The minimum Gasteiger partial charge on any atom is -0.480 e. The fourth-order valence-corrected chi connectivity index (χ4v) is 8.01. The van der Waals surface area contributed by atoms with Crippen LogP contribution in [0.5, 0.6) is 0 Å². The molecule has 0 aliphatic heterocycles. The Morgan fingerprint density at radius 3 is 1.37 bits per heavy atom. The van der Waals surface area contributed by atoms with E-state index in [2.05, 4.69) is 26.6 Å². The summed E-state index contributed by atoms with van der Waals surface area (Å²) in [6, 6.07) is 12.4. The molecule has 0 saturated carbocycles. The topological polar surface area (TPSA) is 263 Å². The third kappa shape index (κ3) is 24.6. The molecular formula is C48H74N6O10S. The van der Waals surface area contributed by atoms with Crippen molar-refractivity contribution >= 4 is 52.2 Å². The number of benzene rings is 2. The monoisotopic (exact) mass is 927 g/mol. The molecule has 0 heterocycles. The smallest absolute Gasteiger partial charge is 0.326 e. The van der Waals surface area contributed by atoms with Crippen LogP contribution in [0.3, 0.4) is 0 Å². The lowest BCUT2D eigenvalue weighted by Crippen LogP contribution is -2.59. The number of amides is 6. The zero-order valence-electron chi connectivity index (χ0n) is 38.7. The second-order valence-electron chi connectivity index (χ2n) is 17.3. The molecule has 0 fully saturated rings. The number of carboxylic acids is 1. The number of carbonyl (C=O) groups excluding carboxylic acids is 6. The number of aliphatic hydroxyl groups excluding tert-OH is 1. The fraction of sp³-hybridized carbons (Fsp3) is 0.604. The van der Waals surface area contributed by atoms with E-state index in [1.807, 2.05) is 50.2 Å². The van der Waals surface area contributed by atoms with E-state index >= 15 is 0 Å². The molecule has 2 rings (SSSR count). The van der Waals surface area contributed by atoms with Crippen molar-refractivity contribution in [2.45, 2.75) is 166 Å². The maximum Gasteiger partial charge on any atom is 0.326 e. The Bertz CT molecular complexity index is 1800. The van der Waals surface area contributed by atoms with Crippen LogP contribution in [-0.2, 0) is 57.2 Å². The summed E-state index contributed by atoms with van der Waals surface area (Å²) in [6.07, 6.45) is 12.4. The molecule has 0 radical (unpaired) electrons. The summed E-state index contributed by atoms with van der Waals surface area (Å²) in [4.78, 5) is 89.0. The number of unbranched alkanes of at least 4 members (excludes halogenated alkanes) is 11. The number of rotatable bonds is 34. The van der Waals surface area contributed by atoms with E-state index in [1.165, 1.54) is 13.2 Å². The third-order valence-electron chi connectivity index (χ3n) is 10.9. The van der Waals surface area contributed by atoms with E-state index in [0.717, 1.165) is 75.3 Å². The number of nitrogens with one attached hydrogen (secondary N) is 5. The molecule has 2 aromatic carbocycles. The molecular weight excluding hydrogens is 853 g/mol. The van der Waals surface area contributed by atoms with Gasteiger partial charge in [-0.15, -0.1) is 0 Å². The first-order chi connectivity index (χ1) is 31.0. The summed E-state index contributed by atoms with van der Waals surface area (Å²) < 4.78 is 12.0. The molecule has 6 amide bonds. The summed E-state index contributed by atoms with van der Waals surface area (Å²) in [7, 11) is -1.40. The molecule has 0 aromatic heterocycles. The number of carboxylic acid groups (broad SMARTS) is 1. The van der Waals surface area contributed by atoms with Crippen LogP contribution in [0.4, 0.5) is 0 Å². The van der Waals surface area contributed by atoms with Gasteiger partial charge in [-0.05, 0) is 43.2 Å². The Hall–Kier alpha value is -5.16. The first-order valence-electron chi connectivity index (χ1n) is 23.0. The van der Waals surface area contributed by atoms with Crippen LogP contribution in [0, 0.1) is 5.92 Å². The highest BCUT2D eigenvalue weighted by Gasteiger charge is 2.32. The summed E-state index contributed by atoms with van der Waals surface area (Å²) in [6.45, 7) is 5.16. The molecule has 0 bridgehead atoms. The lowest BCUT2D eigenvalue weighted by molar-refractivity contribution is -0.142. The maximum atomic E-state index is 13.3. The molecule has 17 heteroatoms. The Morgan fingerprint density at radius 1 is 0.554 bits per heavy atom. The summed E-state index contributed by atoms with van der Waals surface area (Å²) >= 11 is 0. The van der Waals surface area contributed by atoms with Gasteiger partial charge < -0.3 is 42.5 Å². The normalized spacial score (nSPS) is 14.4. The zero-order chi connectivity index (χ0) is 48.1. The van der Waals surface area contributed by atoms with Crippen molar-refractivity contribution < 1.29 is 48.0 Å². The fourth-order valence-electron chi connectivity index (χ4n) is 7.31. The quantitative estimate of drug-likeness (QED) is 0.0472. The van der Waals surface area contributed by atoms with Crippen LogP contribution in [0.25, 0.3) is 0 Å². The first-order valence-corrected chi connectivity index (χ1v) is 24.8. The van der Waals surface area contributed by atoms with Crippen molar-refractivity contribution in [1.29, 1.82) is 0 Å². The van der Waals surface area contributed by atoms with E-state index in [1.54, 1.807) is 24.3 Å². The summed E-state index contributed by atoms with van der Waals surface area (Å²) in [5.41, 5.74) is 7.13. The second kappa shape index (κ2) is 31.7. The molecule has 16 nitrogen and oxygen atoms in total. The van der Waals surface area contributed by atoms with Crippen LogP contribution in [0.1, 0.15) is 128 Å². The molecule has 7 atom stereocenters. The van der Waals surface area contributed by atoms with Crippen molar-refractivity contribution in [3.63, 3.8) is 0 Å². The van der Waals surface area contributed by atoms with Gasteiger partial charge in [0.2, 0.25) is 35.4 Å². The average molecular weight is 927 g/mol. The van der Waals surface area contributed by atoms with Crippen molar-refractivity contribution in [1.82, 2.24) is 26.6 Å². The first kappa shape index (κ1) is 56.0. The van der Waals surface area contributed by atoms with Gasteiger partial charge in [0.15, 0.2) is 0 Å².